The molecule has 8 bridgehead atoms. The molecule has 34 unspecified atom stereocenters. The van der Waals surface area contributed by atoms with E-state index in [1.807, 2.05) is 123 Å². The molecule has 8 heterocycles. The zero-order valence-electron chi connectivity index (χ0n) is 84.1. The Morgan fingerprint density at radius 1 is 0.391 bits per heavy atom. The number of hydrogen-bond donors (Lipinski definition) is 1. The summed E-state index contributed by atoms with van der Waals surface area (Å²) in [6.07, 6.45) is 12.1. The van der Waals surface area contributed by atoms with E-state index in [0.717, 1.165) is 68.1 Å². The second kappa shape index (κ2) is 45.1. The van der Waals surface area contributed by atoms with E-state index in [0.29, 0.717) is 104 Å². The lowest BCUT2D eigenvalue weighted by atomic mass is 9.69. The fraction of sp³-hybridized carbons (Fsp3) is 0.688. The van der Waals surface area contributed by atoms with E-state index in [1.54, 1.807) is 51.3 Å². The van der Waals surface area contributed by atoms with Gasteiger partial charge in [0.15, 0.2) is 16.1 Å². The summed E-state index contributed by atoms with van der Waals surface area (Å²) in [5.41, 5.74) is -1.91. The summed E-state index contributed by atoms with van der Waals surface area (Å²) in [6, 6.07) is 37.7. The van der Waals surface area contributed by atoms with Gasteiger partial charge in [-0.25, -0.2) is 0 Å². The van der Waals surface area contributed by atoms with Crippen molar-refractivity contribution < 1.29 is 100 Å². The number of fused-ring (bicyclic) bond motifs is 16. The van der Waals surface area contributed by atoms with Gasteiger partial charge >= 0.3 is 41.8 Å². The van der Waals surface area contributed by atoms with Gasteiger partial charge in [-0.2, -0.15) is 0 Å². The Kier molecular flexibility index (Phi) is 36.1. The van der Waals surface area contributed by atoms with Gasteiger partial charge in [-0.05, 0) is 191 Å². The molecule has 12 fully saturated rings. The maximum Gasteiger partial charge on any atom is 0.327 e. The van der Waals surface area contributed by atoms with Crippen LogP contribution in [0.4, 0.5) is 0 Å². The van der Waals surface area contributed by atoms with Crippen LogP contribution in [0.5, 0.6) is 0 Å². The van der Waals surface area contributed by atoms with E-state index < -0.39 is 121 Å². The number of benzene rings is 4. The number of esters is 7. The van der Waals surface area contributed by atoms with Gasteiger partial charge in [-0.15, -0.1) is 46.4 Å². The molecule has 8 saturated heterocycles. The first kappa shape index (κ1) is 110. The lowest BCUT2D eigenvalue weighted by Crippen LogP contribution is -2.62. The minimum Gasteiger partial charge on any atom is -0.495 e. The standard InChI is InChI=1S/C29H41ClO6.C28H37ClO4.C27H36Cl2O5.C27H37ClO6.CH4/c1-7-22(31)34-21-16-29(17(3)4)26(23-18(5)14-15-20(23)28(21,6)36-29)35-27(32)24(30)25(33-8-2)19-12-10-9-11-13-19;1-6-24(30)32-23-17-28(18(2)3)26(25-19(4)12-13-22(25)27(23,5)33-28)31-15-14-21(29)16-20-10-8-7-9-11-20;1-6-20(30)32-19-14-27(15(2)3)24(21-16(4)12-13-18(21)26(19,5)34-27)33-25(31)23(29)22(28)17-10-8-7-9-11-17;1-6-20(29)32-19-14-27(15(2)3)24(21-16(4)12-13-18(21)26(19,5)34-27)33-25(31)22(28)23(30)17-10-8-7-9-11-17;/h9-13,17-18,20-21,23-26H,7-8,14-16H2,1-6H3;7-11,14-16,18-19,22-23,25-26H,6,12-13,17H2,1-5H3;7-11,15-16,18-19,21-24H,6,12-14H2,1-5H3;7-11,15-16,18-19,21-24,30H,6,12-14H2,1-5H3;1H4. The second-order valence-corrected chi connectivity index (χ2v) is 45.5. The van der Waals surface area contributed by atoms with Crippen molar-refractivity contribution >= 4 is 106 Å². The Morgan fingerprint density at radius 3 is 0.986 bits per heavy atom. The smallest absolute Gasteiger partial charge is 0.327 e. The summed E-state index contributed by atoms with van der Waals surface area (Å²) in [5, 5.41) is 7.34. The fourth-order valence-corrected chi connectivity index (χ4v) is 27.7. The molecule has 764 valence electrons. The molecule has 21 nitrogen and oxygen atoms in total. The van der Waals surface area contributed by atoms with Crippen molar-refractivity contribution in [3.63, 3.8) is 0 Å². The maximum absolute atomic E-state index is 13.6. The molecule has 1 N–H and O–H groups in total. The molecule has 0 radical (unpaired) electrons. The van der Waals surface area contributed by atoms with Crippen LogP contribution in [-0.2, 0) is 95.1 Å². The Hall–Kier alpha value is -6.34. The molecule has 0 aromatic heterocycles. The molecule has 12 aliphatic rings. The van der Waals surface area contributed by atoms with Crippen LogP contribution in [0.2, 0.25) is 0 Å². The van der Waals surface area contributed by atoms with Gasteiger partial charge in [0.05, 0.1) is 11.6 Å². The number of alkyl halides is 4. The highest BCUT2D eigenvalue weighted by Gasteiger charge is 2.77. The first-order chi connectivity index (χ1) is 64.9. The third-order valence-electron chi connectivity index (χ3n) is 34.4. The maximum atomic E-state index is 13.6. The topological polar surface area (TPSA) is 260 Å². The number of carbonyl (C=O) groups is 7. The van der Waals surface area contributed by atoms with Gasteiger partial charge in [-0.3, -0.25) is 33.6 Å². The SMILES string of the molecule is C.CCC(=O)OC1CC2(C(C)C)OC1(C)C1CCC(C)C1C2OC(=O)C(Cl)C(Cl)c1ccccc1.CCC(=O)OC1CC2(C(C)C)OC1(C)C1CCC(C)C1C2OC(=O)C(Cl)C(O)c1ccccc1.CCC(=O)OC1CC2(C(C)C)OC1(C)C1CCC(C)C1C2OC=CC(Cl)=Cc1ccccc1.CCOC(c1ccccc1)C(Cl)C(=O)OC1C2C(C)CCC2C2(C)OC1(C(C)C)CC2OC(=O)CC. The van der Waals surface area contributed by atoms with Crippen molar-refractivity contribution in [2.24, 2.45) is 94.7 Å². The number of aliphatic hydroxyl groups is 1. The molecule has 34 atom stereocenters. The van der Waals surface area contributed by atoms with Crippen LogP contribution >= 0.6 is 58.0 Å². The molecule has 16 rings (SSSR count). The number of ether oxygens (including phenoxy) is 13. The third-order valence-corrected chi connectivity index (χ3v) is 36.5. The largest absolute Gasteiger partial charge is 0.495 e. The van der Waals surface area contributed by atoms with Crippen molar-refractivity contribution in [1.29, 1.82) is 0 Å². The first-order valence-electron chi connectivity index (χ1n) is 50.8. The van der Waals surface area contributed by atoms with Gasteiger partial charge < -0.3 is 66.7 Å². The quantitative estimate of drug-likeness (QED) is 0.0167. The molecule has 26 heteroatoms. The summed E-state index contributed by atoms with van der Waals surface area (Å²) in [7, 11) is 0. The van der Waals surface area contributed by atoms with Crippen LogP contribution in [0.25, 0.3) is 6.08 Å². The van der Waals surface area contributed by atoms with E-state index in [4.69, 9.17) is 120 Å². The van der Waals surface area contributed by atoms with Crippen LogP contribution in [0.15, 0.2) is 139 Å². The Bertz CT molecular complexity index is 4710. The average molecular weight is 2010 g/mol. The summed E-state index contributed by atoms with van der Waals surface area (Å²) in [6.45, 7) is 43.7. The number of allylic oxidation sites excluding steroid dienone is 2. The van der Waals surface area contributed by atoms with Gasteiger partial charge in [0.2, 0.25) is 0 Å². The van der Waals surface area contributed by atoms with E-state index in [1.165, 1.54) is 0 Å². The first-order valence-corrected chi connectivity index (χ1v) is 53.0. The van der Waals surface area contributed by atoms with Crippen molar-refractivity contribution in [2.45, 2.75) is 383 Å². The van der Waals surface area contributed by atoms with Crippen LogP contribution in [0, 0.1) is 94.7 Å². The highest BCUT2D eigenvalue weighted by atomic mass is 35.5. The highest BCUT2D eigenvalue weighted by Crippen LogP contribution is 2.69. The normalized spacial score (nSPS) is 37.6. The van der Waals surface area contributed by atoms with E-state index in [-0.39, 0.29) is 115 Å². The predicted octanol–water partition coefficient (Wildman–Crippen LogP) is 24.1. The van der Waals surface area contributed by atoms with E-state index in [9.17, 15) is 38.7 Å². The lowest BCUT2D eigenvalue weighted by molar-refractivity contribution is -0.266. The number of aliphatic hydroxyl groups excluding tert-OH is 1. The minimum absolute atomic E-state index is 0. The monoisotopic (exact) mass is 2010 g/mol. The van der Waals surface area contributed by atoms with Crippen molar-refractivity contribution in [3.8, 4) is 0 Å². The molecule has 4 aliphatic carbocycles. The second-order valence-electron chi connectivity index (χ2n) is 43.2. The van der Waals surface area contributed by atoms with Crippen molar-refractivity contribution in [2.75, 3.05) is 6.61 Å². The van der Waals surface area contributed by atoms with Crippen LogP contribution in [0.1, 0.15) is 295 Å². The van der Waals surface area contributed by atoms with Crippen molar-refractivity contribution in [1.82, 2.24) is 0 Å². The molecule has 0 spiro atoms. The van der Waals surface area contributed by atoms with Gasteiger partial charge in [0, 0.05) is 86.7 Å². The van der Waals surface area contributed by atoms with Gasteiger partial charge in [0.25, 0.3) is 0 Å². The van der Waals surface area contributed by atoms with E-state index in [2.05, 4.69) is 111 Å². The number of hydrogen-bond acceptors (Lipinski definition) is 21. The zero-order chi connectivity index (χ0) is 99.7. The molecule has 4 saturated carbocycles. The summed E-state index contributed by atoms with van der Waals surface area (Å²) < 4.78 is 82.7. The lowest BCUT2D eigenvalue weighted by Gasteiger charge is -2.53. The fourth-order valence-electron chi connectivity index (χ4n) is 26.7. The molecule has 0 amide bonds. The number of rotatable bonds is 30. The van der Waals surface area contributed by atoms with E-state index >= 15 is 0 Å². The van der Waals surface area contributed by atoms with Crippen LogP contribution < -0.4 is 0 Å². The Labute approximate surface area is 845 Å². The third kappa shape index (κ3) is 21.1. The van der Waals surface area contributed by atoms with Gasteiger partial charge in [0.1, 0.15) is 106 Å². The van der Waals surface area contributed by atoms with Gasteiger partial charge in [-0.1, -0.05) is 251 Å². The average Bonchev–Trinajstić information content (AvgIpc) is 1.54. The molecule has 4 aromatic rings. The number of carbonyl (C=O) groups excluding carboxylic acids is 7. The van der Waals surface area contributed by atoms with Crippen molar-refractivity contribution in [3.05, 3.63) is 161 Å². The predicted molar refractivity (Wildman–Crippen MR) is 536 cm³/mol. The molecular weight excluding hydrogens is 1860 g/mol. The molecule has 4 aromatic carbocycles. The molecule has 138 heavy (non-hydrogen) atoms. The molecule has 8 aliphatic heterocycles. The van der Waals surface area contributed by atoms with Crippen LogP contribution in [0.3, 0.4) is 0 Å². The number of halogens is 5. The summed E-state index contributed by atoms with van der Waals surface area (Å²) in [5.74, 6) is 0.547. The molecular formula is C112H155Cl5O21. The minimum atomic E-state index is -1.25. The highest BCUT2D eigenvalue weighted by molar-refractivity contribution is 6.37. The summed E-state index contributed by atoms with van der Waals surface area (Å²) >= 11 is 32.8. The summed E-state index contributed by atoms with van der Waals surface area (Å²) in [4.78, 5) is 89.5. The Morgan fingerprint density at radius 2 is 0.674 bits per heavy atom. The Balaban J connectivity index is 0.000000165. The zero-order valence-corrected chi connectivity index (χ0v) is 87.9. The van der Waals surface area contributed by atoms with Crippen LogP contribution in [-0.4, -0.2) is 163 Å².